The maximum Gasteiger partial charge on any atom is 0.343 e. The van der Waals surface area contributed by atoms with Gasteiger partial charge < -0.3 is 18.8 Å². The van der Waals surface area contributed by atoms with Crippen molar-refractivity contribution in [2.45, 2.75) is 37.1 Å². The number of aryl methyl sites for hydroxylation is 1. The molecule has 2 aliphatic heterocycles. The first kappa shape index (κ1) is 27.5. The van der Waals surface area contributed by atoms with Crippen LogP contribution in [0.5, 0.6) is 11.5 Å². The van der Waals surface area contributed by atoms with Gasteiger partial charge >= 0.3 is 5.97 Å². The van der Waals surface area contributed by atoms with Gasteiger partial charge in [-0.05, 0) is 60.9 Å². The highest BCUT2D eigenvalue weighted by Gasteiger charge is 2.26. The van der Waals surface area contributed by atoms with E-state index < -0.39 is 16.0 Å². The number of hydrogen-bond acceptors (Lipinski definition) is 9. The van der Waals surface area contributed by atoms with Crippen LogP contribution in [0, 0.1) is 11.3 Å². The third-order valence-electron chi connectivity index (χ3n) is 6.87. The number of benzene rings is 2. The molecule has 208 valence electrons. The second kappa shape index (κ2) is 12.0. The fourth-order valence-corrected chi connectivity index (χ4v) is 6.12. The summed E-state index contributed by atoms with van der Waals surface area (Å²) in [7, 11) is -2.22. The molecule has 3 aromatic rings. The lowest BCUT2D eigenvalue weighted by atomic mass is 10.1. The molecule has 0 amide bonds. The normalized spacial score (nSPS) is 16.4. The molecule has 1 fully saturated rings. The molecule has 0 aliphatic carbocycles. The van der Waals surface area contributed by atoms with Crippen molar-refractivity contribution >= 4 is 27.6 Å². The van der Waals surface area contributed by atoms with Crippen LogP contribution >= 0.6 is 0 Å². The summed E-state index contributed by atoms with van der Waals surface area (Å²) in [5.74, 6) is 1.24. The lowest BCUT2D eigenvalue weighted by molar-refractivity contribution is 0.0729. The molecule has 2 aliphatic rings. The van der Waals surface area contributed by atoms with Crippen LogP contribution < -0.4 is 9.47 Å². The summed E-state index contributed by atoms with van der Waals surface area (Å²) < 4.78 is 45.3. The highest BCUT2D eigenvalue weighted by atomic mass is 32.2. The number of carbonyl (C=O) groups excluding carboxylic acids is 1. The van der Waals surface area contributed by atoms with Crippen LogP contribution in [0.15, 0.2) is 47.4 Å². The van der Waals surface area contributed by atoms with Crippen molar-refractivity contribution in [3.8, 4) is 17.6 Å². The van der Waals surface area contributed by atoms with E-state index in [0.717, 1.165) is 38.1 Å². The quantitative estimate of drug-likeness (QED) is 0.241. The fourth-order valence-electron chi connectivity index (χ4n) is 4.71. The molecule has 0 spiro atoms. The number of ether oxygens (including phenoxy) is 3. The van der Waals surface area contributed by atoms with Gasteiger partial charge in [0.2, 0.25) is 10.0 Å². The van der Waals surface area contributed by atoms with Crippen LogP contribution in [0.2, 0.25) is 0 Å². The highest BCUT2D eigenvalue weighted by molar-refractivity contribution is 7.89. The SMILES string of the molecule is COc1cc(/C=C(/C#N)c2nnc3n2CCCCC3)ccc1OC(=O)c1ccc(S(=O)(=O)N2CCOCC2)cc1. The lowest BCUT2D eigenvalue weighted by Gasteiger charge is -2.26. The Kier molecular flexibility index (Phi) is 8.25. The minimum Gasteiger partial charge on any atom is -0.493 e. The standard InChI is InChI=1S/C28H29N5O6S/c1-37-25-18-20(17-22(19-29)27-31-30-26-5-3-2-4-12-33(26)27)6-11-24(25)39-28(34)21-7-9-23(10-8-21)40(35,36)32-13-15-38-16-14-32/h6-11,17-18H,2-5,12-16H2,1H3/b22-17-. The summed E-state index contributed by atoms with van der Waals surface area (Å²) in [5.41, 5.74) is 1.22. The number of sulfonamides is 1. The summed E-state index contributed by atoms with van der Waals surface area (Å²) >= 11 is 0. The number of esters is 1. The molecular weight excluding hydrogens is 534 g/mol. The largest absolute Gasteiger partial charge is 0.493 e. The predicted molar refractivity (Wildman–Crippen MR) is 145 cm³/mol. The predicted octanol–water partition coefficient (Wildman–Crippen LogP) is 3.32. The van der Waals surface area contributed by atoms with E-state index >= 15 is 0 Å². The molecule has 2 aromatic carbocycles. The zero-order valence-electron chi connectivity index (χ0n) is 22.1. The van der Waals surface area contributed by atoms with Gasteiger partial charge in [0.05, 0.1) is 36.4 Å². The van der Waals surface area contributed by atoms with Crippen LogP contribution in [0.1, 0.15) is 46.8 Å². The van der Waals surface area contributed by atoms with Crippen LogP contribution in [0.3, 0.4) is 0 Å². The second-order valence-corrected chi connectivity index (χ2v) is 11.4. The van der Waals surface area contributed by atoms with E-state index in [1.807, 2.05) is 4.57 Å². The molecule has 0 N–H and O–H groups in total. The van der Waals surface area contributed by atoms with Crippen molar-refractivity contribution in [1.82, 2.24) is 19.1 Å². The van der Waals surface area contributed by atoms with E-state index in [9.17, 15) is 18.5 Å². The van der Waals surface area contributed by atoms with Gasteiger partial charge in [-0.3, -0.25) is 0 Å². The Morgan fingerprint density at radius 2 is 1.80 bits per heavy atom. The first-order valence-electron chi connectivity index (χ1n) is 13.0. The monoisotopic (exact) mass is 563 g/mol. The first-order valence-corrected chi connectivity index (χ1v) is 14.5. The number of hydrogen-bond donors (Lipinski definition) is 0. The summed E-state index contributed by atoms with van der Waals surface area (Å²) in [6, 6.07) is 12.8. The van der Waals surface area contributed by atoms with Crippen molar-refractivity contribution < 1.29 is 27.4 Å². The Bertz CT molecular complexity index is 1570. The summed E-state index contributed by atoms with van der Waals surface area (Å²) in [6.07, 6.45) is 5.72. The lowest BCUT2D eigenvalue weighted by Crippen LogP contribution is -2.40. The molecule has 5 rings (SSSR count). The minimum absolute atomic E-state index is 0.0949. The van der Waals surface area contributed by atoms with E-state index in [1.165, 1.54) is 35.7 Å². The van der Waals surface area contributed by atoms with Crippen LogP contribution in [0.25, 0.3) is 11.6 Å². The molecule has 0 saturated carbocycles. The molecule has 40 heavy (non-hydrogen) atoms. The Labute approximate surface area is 232 Å². The van der Waals surface area contributed by atoms with Crippen LogP contribution in [-0.2, 0) is 27.7 Å². The fraction of sp³-hybridized carbons (Fsp3) is 0.357. The van der Waals surface area contributed by atoms with Crippen molar-refractivity contribution in [3.63, 3.8) is 0 Å². The molecule has 0 bridgehead atoms. The summed E-state index contributed by atoms with van der Waals surface area (Å²) in [5, 5.41) is 18.4. The highest BCUT2D eigenvalue weighted by Crippen LogP contribution is 2.31. The first-order chi connectivity index (χ1) is 19.4. The number of allylic oxidation sites excluding steroid dienone is 1. The molecular formula is C28H29N5O6S. The van der Waals surface area contributed by atoms with Gasteiger partial charge in [-0.2, -0.15) is 9.57 Å². The topological polar surface area (TPSA) is 137 Å². The molecule has 0 radical (unpaired) electrons. The minimum atomic E-state index is -3.67. The molecule has 3 heterocycles. The molecule has 1 aromatic heterocycles. The molecule has 11 nitrogen and oxygen atoms in total. The van der Waals surface area contributed by atoms with Crippen LogP contribution in [-0.4, -0.2) is 66.9 Å². The smallest absolute Gasteiger partial charge is 0.343 e. The molecule has 12 heteroatoms. The Hall–Kier alpha value is -4.05. The van der Waals surface area contributed by atoms with Crippen LogP contribution in [0.4, 0.5) is 0 Å². The van der Waals surface area contributed by atoms with Gasteiger partial charge in [-0.15, -0.1) is 10.2 Å². The van der Waals surface area contributed by atoms with E-state index in [1.54, 1.807) is 24.3 Å². The van der Waals surface area contributed by atoms with Gasteiger partial charge in [0, 0.05) is 26.1 Å². The average molecular weight is 564 g/mol. The van der Waals surface area contributed by atoms with Crippen molar-refractivity contribution in [2.75, 3.05) is 33.4 Å². The van der Waals surface area contributed by atoms with Gasteiger partial charge in [0.25, 0.3) is 0 Å². The van der Waals surface area contributed by atoms with Crippen molar-refractivity contribution in [3.05, 3.63) is 65.2 Å². The number of rotatable bonds is 7. The number of fused-ring (bicyclic) bond motifs is 1. The maximum absolute atomic E-state index is 12.8. The average Bonchev–Trinajstić information content (AvgIpc) is 3.24. The third kappa shape index (κ3) is 5.77. The maximum atomic E-state index is 12.8. The van der Waals surface area contributed by atoms with E-state index in [-0.39, 0.29) is 29.3 Å². The third-order valence-corrected chi connectivity index (χ3v) is 8.78. The number of nitriles is 1. The Balaban J connectivity index is 1.32. The molecule has 1 saturated heterocycles. The summed E-state index contributed by atoms with van der Waals surface area (Å²) in [6.45, 7) is 2.04. The number of nitrogens with zero attached hydrogens (tertiary/aromatic N) is 5. The Morgan fingerprint density at radius 3 is 2.52 bits per heavy atom. The van der Waals surface area contributed by atoms with Gasteiger partial charge in [0.15, 0.2) is 17.3 Å². The van der Waals surface area contributed by atoms with E-state index in [2.05, 4.69) is 16.3 Å². The van der Waals surface area contributed by atoms with Gasteiger partial charge in [-0.1, -0.05) is 12.5 Å². The Morgan fingerprint density at radius 1 is 1.02 bits per heavy atom. The second-order valence-electron chi connectivity index (χ2n) is 9.41. The van der Waals surface area contributed by atoms with E-state index in [0.29, 0.717) is 35.9 Å². The molecule has 0 unspecified atom stereocenters. The van der Waals surface area contributed by atoms with Gasteiger partial charge in [0.1, 0.15) is 11.9 Å². The molecule has 0 atom stereocenters. The number of carbonyl (C=O) groups is 1. The zero-order valence-corrected chi connectivity index (χ0v) is 22.9. The van der Waals surface area contributed by atoms with Crippen molar-refractivity contribution in [1.29, 1.82) is 5.26 Å². The van der Waals surface area contributed by atoms with Gasteiger partial charge in [-0.25, -0.2) is 13.2 Å². The number of methoxy groups -OCH3 is 1. The van der Waals surface area contributed by atoms with Crippen molar-refractivity contribution in [2.24, 2.45) is 0 Å². The zero-order chi connectivity index (χ0) is 28.1. The number of morpholine rings is 1. The summed E-state index contributed by atoms with van der Waals surface area (Å²) in [4.78, 5) is 12.9. The van der Waals surface area contributed by atoms with E-state index in [4.69, 9.17) is 14.2 Å². The number of aromatic nitrogens is 3.